The van der Waals surface area contributed by atoms with Crippen molar-refractivity contribution in [3.05, 3.63) is 0 Å². The van der Waals surface area contributed by atoms with E-state index < -0.39 is 0 Å². The summed E-state index contributed by atoms with van der Waals surface area (Å²) in [6, 6.07) is 0. The molecular formula is C7H15NO3. The normalized spacial score (nSPS) is 12.6. The molecule has 11 heavy (non-hydrogen) atoms. The van der Waals surface area contributed by atoms with Crippen LogP contribution < -0.4 is 5.32 Å². The van der Waals surface area contributed by atoms with Crippen molar-refractivity contribution in [1.29, 1.82) is 0 Å². The lowest BCUT2D eigenvalue weighted by Gasteiger charge is -2.12. The SMILES string of the molecule is CNC(=O)CC(COC)OC. The van der Waals surface area contributed by atoms with Crippen LogP contribution in [0.3, 0.4) is 0 Å². The number of rotatable bonds is 5. The number of hydrogen-bond donors (Lipinski definition) is 1. The summed E-state index contributed by atoms with van der Waals surface area (Å²) in [6.07, 6.45) is 0.209. The molecule has 1 unspecified atom stereocenters. The fourth-order valence-electron chi connectivity index (χ4n) is 0.705. The standard InChI is InChI=1S/C7H15NO3/c1-8-7(9)4-6(11-3)5-10-2/h6H,4-5H2,1-3H3,(H,8,9). The number of methoxy groups -OCH3 is 2. The van der Waals surface area contributed by atoms with Gasteiger partial charge in [-0.3, -0.25) is 4.79 Å². The number of amides is 1. The Labute approximate surface area is 66.9 Å². The van der Waals surface area contributed by atoms with E-state index in [2.05, 4.69) is 5.32 Å². The molecule has 4 nitrogen and oxygen atoms in total. The van der Waals surface area contributed by atoms with Gasteiger partial charge in [0, 0.05) is 21.3 Å². The Balaban J connectivity index is 3.58. The summed E-state index contributed by atoms with van der Waals surface area (Å²) in [4.78, 5) is 10.8. The lowest BCUT2D eigenvalue weighted by Crippen LogP contribution is -2.27. The zero-order valence-corrected chi connectivity index (χ0v) is 7.22. The molecule has 0 aromatic rings. The van der Waals surface area contributed by atoms with Gasteiger partial charge in [0.15, 0.2) is 0 Å². The van der Waals surface area contributed by atoms with E-state index in [-0.39, 0.29) is 12.0 Å². The highest BCUT2D eigenvalue weighted by Gasteiger charge is 2.10. The summed E-state index contributed by atoms with van der Waals surface area (Å²) in [7, 11) is 4.74. The minimum atomic E-state index is -0.139. The van der Waals surface area contributed by atoms with E-state index in [0.29, 0.717) is 13.0 Å². The van der Waals surface area contributed by atoms with E-state index >= 15 is 0 Å². The van der Waals surface area contributed by atoms with E-state index in [0.717, 1.165) is 0 Å². The van der Waals surface area contributed by atoms with Gasteiger partial charge < -0.3 is 14.8 Å². The fraction of sp³-hybridized carbons (Fsp3) is 0.857. The molecule has 1 N–H and O–H groups in total. The molecule has 4 heteroatoms. The Morgan fingerprint density at radius 3 is 2.55 bits per heavy atom. The molecule has 0 aromatic carbocycles. The van der Waals surface area contributed by atoms with Gasteiger partial charge in [-0.15, -0.1) is 0 Å². The Kier molecular flexibility index (Phi) is 5.78. The van der Waals surface area contributed by atoms with Crippen molar-refractivity contribution in [3.8, 4) is 0 Å². The zero-order valence-electron chi connectivity index (χ0n) is 7.22. The Morgan fingerprint density at radius 1 is 1.55 bits per heavy atom. The van der Waals surface area contributed by atoms with Crippen molar-refractivity contribution >= 4 is 5.91 Å². The van der Waals surface area contributed by atoms with Gasteiger partial charge in [-0.2, -0.15) is 0 Å². The van der Waals surface area contributed by atoms with Crippen LogP contribution in [0.25, 0.3) is 0 Å². The second-order valence-corrected chi connectivity index (χ2v) is 2.19. The van der Waals surface area contributed by atoms with Gasteiger partial charge in [0.1, 0.15) is 0 Å². The van der Waals surface area contributed by atoms with Crippen LogP contribution in [0, 0.1) is 0 Å². The summed E-state index contributed by atoms with van der Waals surface area (Å²) in [5.74, 6) is -0.0334. The van der Waals surface area contributed by atoms with Crippen molar-refractivity contribution in [3.63, 3.8) is 0 Å². The highest BCUT2D eigenvalue weighted by atomic mass is 16.5. The molecule has 1 amide bonds. The number of carbonyl (C=O) groups is 1. The summed E-state index contributed by atoms with van der Waals surface area (Å²) in [5, 5.41) is 2.51. The van der Waals surface area contributed by atoms with Gasteiger partial charge in [-0.25, -0.2) is 0 Å². The Hall–Kier alpha value is -0.610. The highest BCUT2D eigenvalue weighted by Crippen LogP contribution is 1.96. The van der Waals surface area contributed by atoms with Gasteiger partial charge in [0.25, 0.3) is 0 Å². The van der Waals surface area contributed by atoms with Gasteiger partial charge in [0.05, 0.1) is 19.1 Å². The van der Waals surface area contributed by atoms with Crippen molar-refractivity contribution in [2.75, 3.05) is 27.9 Å². The molecule has 0 saturated heterocycles. The molecule has 0 aliphatic rings. The predicted molar refractivity (Wildman–Crippen MR) is 41.4 cm³/mol. The predicted octanol–water partition coefficient (Wildman–Crippen LogP) is -0.216. The van der Waals surface area contributed by atoms with Gasteiger partial charge in [-0.1, -0.05) is 0 Å². The first-order chi connectivity index (χ1) is 5.24. The van der Waals surface area contributed by atoms with Crippen LogP contribution in [0.5, 0.6) is 0 Å². The Bertz CT molecular complexity index is 116. The quantitative estimate of drug-likeness (QED) is 0.606. The van der Waals surface area contributed by atoms with Crippen LogP contribution in [0.2, 0.25) is 0 Å². The van der Waals surface area contributed by atoms with Crippen LogP contribution in [-0.2, 0) is 14.3 Å². The molecular weight excluding hydrogens is 146 g/mol. The van der Waals surface area contributed by atoms with E-state index in [4.69, 9.17) is 9.47 Å². The van der Waals surface area contributed by atoms with Crippen LogP contribution in [0.4, 0.5) is 0 Å². The third-order valence-corrected chi connectivity index (χ3v) is 1.38. The van der Waals surface area contributed by atoms with Crippen LogP contribution in [0.1, 0.15) is 6.42 Å². The van der Waals surface area contributed by atoms with E-state index in [1.807, 2.05) is 0 Å². The van der Waals surface area contributed by atoms with Gasteiger partial charge >= 0.3 is 0 Å². The second kappa shape index (κ2) is 6.12. The molecule has 0 aliphatic carbocycles. The minimum absolute atomic E-state index is 0.0334. The lowest BCUT2D eigenvalue weighted by molar-refractivity contribution is -0.123. The van der Waals surface area contributed by atoms with Crippen molar-refractivity contribution in [2.45, 2.75) is 12.5 Å². The van der Waals surface area contributed by atoms with E-state index in [9.17, 15) is 4.79 Å². The molecule has 0 radical (unpaired) electrons. The number of carbonyl (C=O) groups excluding carboxylic acids is 1. The molecule has 0 aliphatic heterocycles. The van der Waals surface area contributed by atoms with Crippen LogP contribution in [0.15, 0.2) is 0 Å². The minimum Gasteiger partial charge on any atom is -0.382 e. The monoisotopic (exact) mass is 161 g/mol. The fourth-order valence-corrected chi connectivity index (χ4v) is 0.705. The first-order valence-electron chi connectivity index (χ1n) is 3.47. The maximum atomic E-state index is 10.8. The molecule has 0 saturated carbocycles. The van der Waals surface area contributed by atoms with Crippen molar-refractivity contribution < 1.29 is 14.3 Å². The van der Waals surface area contributed by atoms with E-state index in [1.54, 1.807) is 21.3 Å². The molecule has 0 rings (SSSR count). The van der Waals surface area contributed by atoms with Gasteiger partial charge in [-0.05, 0) is 0 Å². The maximum Gasteiger partial charge on any atom is 0.222 e. The summed E-state index contributed by atoms with van der Waals surface area (Å²) >= 11 is 0. The zero-order chi connectivity index (χ0) is 8.69. The van der Waals surface area contributed by atoms with E-state index in [1.165, 1.54) is 0 Å². The number of nitrogens with one attached hydrogen (secondary N) is 1. The number of ether oxygens (including phenoxy) is 2. The van der Waals surface area contributed by atoms with Gasteiger partial charge in [0.2, 0.25) is 5.91 Å². The van der Waals surface area contributed by atoms with Crippen molar-refractivity contribution in [1.82, 2.24) is 5.32 Å². The Morgan fingerprint density at radius 2 is 2.18 bits per heavy atom. The number of hydrogen-bond acceptors (Lipinski definition) is 3. The first-order valence-corrected chi connectivity index (χ1v) is 3.47. The maximum absolute atomic E-state index is 10.8. The average Bonchev–Trinajstić information content (AvgIpc) is 2.03. The van der Waals surface area contributed by atoms with Crippen molar-refractivity contribution in [2.24, 2.45) is 0 Å². The molecule has 0 fully saturated rings. The molecule has 0 heterocycles. The summed E-state index contributed by atoms with van der Waals surface area (Å²) < 4.78 is 9.81. The van der Waals surface area contributed by atoms with Crippen LogP contribution in [-0.4, -0.2) is 39.9 Å². The summed E-state index contributed by atoms with van der Waals surface area (Å²) in [6.45, 7) is 0.448. The summed E-state index contributed by atoms with van der Waals surface area (Å²) in [5.41, 5.74) is 0. The molecule has 0 aromatic heterocycles. The topological polar surface area (TPSA) is 47.6 Å². The highest BCUT2D eigenvalue weighted by molar-refractivity contribution is 5.76. The molecule has 1 atom stereocenters. The third kappa shape index (κ3) is 4.75. The first kappa shape index (κ1) is 10.4. The smallest absolute Gasteiger partial charge is 0.222 e. The molecule has 0 spiro atoms. The molecule has 66 valence electrons. The van der Waals surface area contributed by atoms with Crippen LogP contribution >= 0.6 is 0 Å². The molecule has 0 bridgehead atoms. The third-order valence-electron chi connectivity index (χ3n) is 1.38. The second-order valence-electron chi connectivity index (χ2n) is 2.19. The average molecular weight is 161 g/mol. The lowest BCUT2D eigenvalue weighted by atomic mass is 10.2. The largest absolute Gasteiger partial charge is 0.382 e.